The van der Waals surface area contributed by atoms with Gasteiger partial charge in [-0.1, -0.05) is 12.1 Å². The van der Waals surface area contributed by atoms with Gasteiger partial charge < -0.3 is 10.1 Å². The van der Waals surface area contributed by atoms with Crippen molar-refractivity contribution in [2.75, 3.05) is 12.4 Å². The minimum Gasteiger partial charge on any atom is -0.467 e. The van der Waals surface area contributed by atoms with Gasteiger partial charge in [-0.25, -0.2) is 9.48 Å². The van der Waals surface area contributed by atoms with E-state index in [1.54, 1.807) is 18.7 Å². The summed E-state index contributed by atoms with van der Waals surface area (Å²) in [6, 6.07) is 7.10. The zero-order valence-electron chi connectivity index (χ0n) is 11.0. The highest BCUT2D eigenvalue weighted by atomic mass is 16.5. The number of hydrogen-bond acceptors (Lipinski definition) is 6. The molecule has 0 radical (unpaired) electrons. The van der Waals surface area contributed by atoms with Crippen LogP contribution in [0.25, 0.3) is 11.4 Å². The first-order chi connectivity index (χ1) is 9.11. The van der Waals surface area contributed by atoms with Crippen LogP contribution in [0.5, 0.6) is 0 Å². The summed E-state index contributed by atoms with van der Waals surface area (Å²) in [6.45, 7) is 1.74. The number of nitrogens with zero attached hydrogens (tertiary/aromatic N) is 4. The van der Waals surface area contributed by atoms with Crippen molar-refractivity contribution >= 4 is 11.7 Å². The monoisotopic (exact) mass is 261 g/mol. The maximum absolute atomic E-state index is 11.4. The number of carbonyl (C=O) groups excluding carboxylic acids is 1. The normalized spacial score (nSPS) is 11.9. The van der Waals surface area contributed by atoms with E-state index in [4.69, 9.17) is 0 Å². The molecule has 1 atom stereocenters. The molecule has 0 saturated heterocycles. The lowest BCUT2D eigenvalue weighted by Gasteiger charge is -2.13. The second-order valence-corrected chi connectivity index (χ2v) is 4.10. The molecule has 0 bridgehead atoms. The summed E-state index contributed by atoms with van der Waals surface area (Å²) in [7, 11) is 3.13. The SMILES string of the molecule is COC(=O)C(C)Nc1cccc(-c2nnnn2C)c1. The van der Waals surface area contributed by atoms with Crippen molar-refractivity contribution in [3.05, 3.63) is 24.3 Å². The van der Waals surface area contributed by atoms with E-state index in [0.29, 0.717) is 5.82 Å². The molecule has 1 aromatic heterocycles. The van der Waals surface area contributed by atoms with Gasteiger partial charge in [0.05, 0.1) is 7.11 Å². The van der Waals surface area contributed by atoms with E-state index in [-0.39, 0.29) is 5.97 Å². The molecule has 0 spiro atoms. The number of esters is 1. The van der Waals surface area contributed by atoms with Crippen LogP contribution in [-0.2, 0) is 16.6 Å². The van der Waals surface area contributed by atoms with E-state index in [1.165, 1.54) is 7.11 Å². The Balaban J connectivity index is 2.21. The molecule has 2 aromatic rings. The van der Waals surface area contributed by atoms with Gasteiger partial charge in [0.15, 0.2) is 5.82 Å². The lowest BCUT2D eigenvalue weighted by Crippen LogP contribution is -2.27. The molecule has 1 aromatic carbocycles. The number of ether oxygens (including phenoxy) is 1. The Bertz CT molecular complexity index is 581. The molecular weight excluding hydrogens is 246 g/mol. The van der Waals surface area contributed by atoms with Crippen LogP contribution in [0.2, 0.25) is 0 Å². The van der Waals surface area contributed by atoms with Gasteiger partial charge in [0.2, 0.25) is 0 Å². The second-order valence-electron chi connectivity index (χ2n) is 4.10. The molecule has 0 aliphatic heterocycles. The third-order valence-corrected chi connectivity index (χ3v) is 2.68. The van der Waals surface area contributed by atoms with Gasteiger partial charge in [0.25, 0.3) is 0 Å². The van der Waals surface area contributed by atoms with E-state index in [0.717, 1.165) is 11.3 Å². The number of carbonyl (C=O) groups is 1. The molecule has 1 N–H and O–H groups in total. The molecule has 0 aliphatic carbocycles. The van der Waals surface area contributed by atoms with Crippen molar-refractivity contribution in [1.82, 2.24) is 20.2 Å². The largest absolute Gasteiger partial charge is 0.467 e. The van der Waals surface area contributed by atoms with Gasteiger partial charge in [-0.15, -0.1) is 5.10 Å². The quantitative estimate of drug-likeness (QED) is 0.822. The van der Waals surface area contributed by atoms with Crippen LogP contribution in [0.4, 0.5) is 5.69 Å². The van der Waals surface area contributed by atoms with E-state index >= 15 is 0 Å². The molecular formula is C12H15N5O2. The van der Waals surface area contributed by atoms with Gasteiger partial charge in [-0.3, -0.25) is 0 Å². The summed E-state index contributed by atoms with van der Waals surface area (Å²) in [4.78, 5) is 11.4. The van der Waals surface area contributed by atoms with Crippen LogP contribution in [0.15, 0.2) is 24.3 Å². The maximum atomic E-state index is 11.4. The van der Waals surface area contributed by atoms with Crippen LogP contribution in [0.3, 0.4) is 0 Å². The molecule has 0 saturated carbocycles. The van der Waals surface area contributed by atoms with E-state index < -0.39 is 6.04 Å². The molecule has 1 unspecified atom stereocenters. The zero-order chi connectivity index (χ0) is 13.8. The number of methoxy groups -OCH3 is 1. The zero-order valence-corrected chi connectivity index (χ0v) is 11.0. The molecule has 7 heteroatoms. The topological polar surface area (TPSA) is 81.9 Å². The van der Waals surface area contributed by atoms with Crippen LogP contribution < -0.4 is 5.32 Å². The molecule has 2 rings (SSSR count). The maximum Gasteiger partial charge on any atom is 0.327 e. The summed E-state index contributed by atoms with van der Waals surface area (Å²) < 4.78 is 6.25. The van der Waals surface area contributed by atoms with E-state index in [9.17, 15) is 4.79 Å². The van der Waals surface area contributed by atoms with Gasteiger partial charge >= 0.3 is 5.97 Å². The summed E-state index contributed by atoms with van der Waals surface area (Å²) in [6.07, 6.45) is 0. The molecule has 0 aliphatic rings. The predicted molar refractivity (Wildman–Crippen MR) is 69.3 cm³/mol. The summed E-state index contributed by atoms with van der Waals surface area (Å²) >= 11 is 0. The molecule has 0 amide bonds. The molecule has 0 fully saturated rings. The number of nitrogens with one attached hydrogen (secondary N) is 1. The fourth-order valence-electron chi connectivity index (χ4n) is 1.71. The molecule has 19 heavy (non-hydrogen) atoms. The van der Waals surface area contributed by atoms with Crippen LogP contribution in [0, 0.1) is 0 Å². The van der Waals surface area contributed by atoms with Crippen molar-refractivity contribution in [3.63, 3.8) is 0 Å². The molecule has 100 valence electrons. The minimum atomic E-state index is -0.419. The van der Waals surface area contributed by atoms with Gasteiger partial charge in [-0.2, -0.15) is 0 Å². The smallest absolute Gasteiger partial charge is 0.327 e. The fourth-order valence-corrected chi connectivity index (χ4v) is 1.71. The lowest BCUT2D eigenvalue weighted by atomic mass is 10.2. The van der Waals surface area contributed by atoms with Crippen LogP contribution >= 0.6 is 0 Å². The fraction of sp³-hybridized carbons (Fsp3) is 0.333. The van der Waals surface area contributed by atoms with E-state index in [2.05, 4.69) is 25.6 Å². The number of aryl methyl sites for hydroxylation is 1. The number of benzene rings is 1. The number of tetrazole rings is 1. The highest BCUT2D eigenvalue weighted by Gasteiger charge is 2.13. The van der Waals surface area contributed by atoms with E-state index in [1.807, 2.05) is 24.3 Å². The van der Waals surface area contributed by atoms with Crippen molar-refractivity contribution in [3.8, 4) is 11.4 Å². The summed E-state index contributed by atoms with van der Waals surface area (Å²) in [5.74, 6) is 0.347. The Labute approximate surface area is 110 Å². The average molecular weight is 261 g/mol. The predicted octanol–water partition coefficient (Wildman–Crippen LogP) is 0.850. The Hall–Kier alpha value is -2.44. The molecule has 7 nitrogen and oxygen atoms in total. The first-order valence-electron chi connectivity index (χ1n) is 5.79. The highest BCUT2D eigenvalue weighted by molar-refractivity contribution is 5.79. The van der Waals surface area contributed by atoms with Crippen LogP contribution in [-0.4, -0.2) is 39.3 Å². The number of aromatic nitrogens is 4. The first kappa shape index (κ1) is 13.0. The van der Waals surface area contributed by atoms with Crippen LogP contribution in [0.1, 0.15) is 6.92 Å². The summed E-state index contributed by atoms with van der Waals surface area (Å²) in [5, 5.41) is 14.4. The third-order valence-electron chi connectivity index (χ3n) is 2.68. The minimum absolute atomic E-state index is 0.314. The van der Waals surface area contributed by atoms with Crippen molar-refractivity contribution in [2.24, 2.45) is 7.05 Å². The summed E-state index contributed by atoms with van der Waals surface area (Å²) in [5.41, 5.74) is 1.67. The number of hydrogen-bond donors (Lipinski definition) is 1. The van der Waals surface area contributed by atoms with Crippen molar-refractivity contribution in [2.45, 2.75) is 13.0 Å². The Morgan fingerprint density at radius 1 is 1.47 bits per heavy atom. The standard InChI is InChI=1S/C12H15N5O2/c1-8(12(18)19-3)13-10-6-4-5-9(7-10)11-14-15-16-17(11)2/h4-8,13H,1-3H3. The average Bonchev–Trinajstić information content (AvgIpc) is 2.84. The molecule has 1 heterocycles. The van der Waals surface area contributed by atoms with Gasteiger partial charge in [-0.05, 0) is 29.5 Å². The van der Waals surface area contributed by atoms with Gasteiger partial charge in [0.1, 0.15) is 6.04 Å². The Morgan fingerprint density at radius 3 is 2.89 bits per heavy atom. The Morgan fingerprint density at radius 2 is 2.26 bits per heavy atom. The lowest BCUT2D eigenvalue weighted by molar-refractivity contribution is -0.141. The van der Waals surface area contributed by atoms with Gasteiger partial charge in [0, 0.05) is 18.3 Å². The Kier molecular flexibility index (Phi) is 3.74. The number of anilines is 1. The second kappa shape index (κ2) is 5.47. The third kappa shape index (κ3) is 2.87. The number of rotatable bonds is 4. The van der Waals surface area contributed by atoms with Crippen molar-refractivity contribution < 1.29 is 9.53 Å². The van der Waals surface area contributed by atoms with Crippen molar-refractivity contribution in [1.29, 1.82) is 0 Å². The first-order valence-corrected chi connectivity index (χ1v) is 5.79. The highest BCUT2D eigenvalue weighted by Crippen LogP contribution is 2.20.